The van der Waals surface area contributed by atoms with Gasteiger partial charge in [-0.3, -0.25) is 14.2 Å². The fourth-order valence-electron chi connectivity index (χ4n) is 3.74. The molecule has 4 rings (SSSR count). The van der Waals surface area contributed by atoms with Gasteiger partial charge in [0, 0.05) is 36.5 Å². The third-order valence-electron chi connectivity index (χ3n) is 5.37. The fourth-order valence-corrected chi connectivity index (χ4v) is 4.02. The number of nitrogens with one attached hydrogen (secondary N) is 3. The lowest BCUT2D eigenvalue weighted by molar-refractivity contribution is -0.145. The molecular weight excluding hydrogens is 428 g/mol. The number of amides is 1. The van der Waals surface area contributed by atoms with E-state index in [1.165, 1.54) is 11.7 Å². The number of H-pyrrole nitrogens is 2. The van der Waals surface area contributed by atoms with Crippen LogP contribution in [0.5, 0.6) is 0 Å². The van der Waals surface area contributed by atoms with Gasteiger partial charge >= 0.3 is 5.97 Å². The molecule has 0 bridgehead atoms. The van der Waals surface area contributed by atoms with Crippen LogP contribution in [-0.4, -0.2) is 39.6 Å². The summed E-state index contributed by atoms with van der Waals surface area (Å²) in [5, 5.41) is 4.20. The van der Waals surface area contributed by atoms with Gasteiger partial charge in [-0.05, 0) is 36.0 Å². The van der Waals surface area contributed by atoms with Crippen molar-refractivity contribution < 1.29 is 14.3 Å². The number of carbonyl (C=O) groups is 2. The fraction of sp³-hybridized carbons (Fsp3) is 0.217. The summed E-state index contributed by atoms with van der Waals surface area (Å²) in [6.07, 6.45) is 2.08. The van der Waals surface area contributed by atoms with E-state index >= 15 is 0 Å². The lowest BCUT2D eigenvalue weighted by atomic mass is 10.0. The zero-order valence-corrected chi connectivity index (χ0v) is 18.2. The van der Waals surface area contributed by atoms with Crippen LogP contribution >= 0.6 is 12.2 Å². The number of para-hydroxylation sites is 2. The van der Waals surface area contributed by atoms with Gasteiger partial charge in [0.25, 0.3) is 5.56 Å². The van der Waals surface area contributed by atoms with Crippen molar-refractivity contribution in [3.8, 4) is 0 Å². The minimum atomic E-state index is -0.852. The van der Waals surface area contributed by atoms with E-state index in [9.17, 15) is 14.4 Å². The molecule has 0 saturated carbocycles. The molecule has 9 heteroatoms. The molecule has 0 radical (unpaired) electrons. The molecule has 0 aliphatic heterocycles. The highest BCUT2D eigenvalue weighted by Crippen LogP contribution is 2.19. The van der Waals surface area contributed by atoms with Crippen molar-refractivity contribution in [2.75, 3.05) is 7.11 Å². The standard InChI is InChI=1S/C23H22N4O4S/c1-31-22(30)19(12-14-13-24-17-8-4-2-6-15(14)17)25-20(28)10-11-27-21(29)16-7-3-5-9-18(16)26-23(27)32/h2-9,13,19,24H,10-12H2,1H3,(H,25,28)(H,26,32). The van der Waals surface area contributed by atoms with Crippen LogP contribution < -0.4 is 10.9 Å². The van der Waals surface area contributed by atoms with Crippen molar-refractivity contribution in [2.45, 2.75) is 25.4 Å². The maximum Gasteiger partial charge on any atom is 0.328 e. The number of aromatic amines is 2. The Morgan fingerprint density at radius 1 is 1.09 bits per heavy atom. The van der Waals surface area contributed by atoms with Gasteiger partial charge in [-0.25, -0.2) is 4.79 Å². The third-order valence-corrected chi connectivity index (χ3v) is 5.69. The number of aromatic nitrogens is 3. The Balaban J connectivity index is 1.49. The number of methoxy groups -OCH3 is 1. The Morgan fingerprint density at radius 2 is 1.78 bits per heavy atom. The summed E-state index contributed by atoms with van der Waals surface area (Å²) in [6, 6.07) is 13.9. The molecule has 1 amide bonds. The van der Waals surface area contributed by atoms with Crippen molar-refractivity contribution in [3.05, 3.63) is 75.4 Å². The second-order valence-corrected chi connectivity index (χ2v) is 7.78. The highest BCUT2D eigenvalue weighted by molar-refractivity contribution is 7.71. The smallest absolute Gasteiger partial charge is 0.328 e. The number of rotatable bonds is 7. The summed E-state index contributed by atoms with van der Waals surface area (Å²) >= 11 is 5.29. The highest BCUT2D eigenvalue weighted by Gasteiger charge is 2.23. The third kappa shape index (κ3) is 4.33. The molecule has 1 atom stereocenters. The summed E-state index contributed by atoms with van der Waals surface area (Å²) in [7, 11) is 1.28. The first-order valence-corrected chi connectivity index (χ1v) is 10.5. The molecule has 32 heavy (non-hydrogen) atoms. The van der Waals surface area contributed by atoms with Gasteiger partial charge in [0.1, 0.15) is 6.04 Å². The molecule has 1 unspecified atom stereocenters. The number of fused-ring (bicyclic) bond motifs is 2. The number of esters is 1. The van der Waals surface area contributed by atoms with E-state index in [2.05, 4.69) is 15.3 Å². The normalized spacial score (nSPS) is 12.0. The van der Waals surface area contributed by atoms with Crippen LogP contribution in [0.25, 0.3) is 21.8 Å². The number of carbonyl (C=O) groups excluding carboxylic acids is 2. The van der Waals surface area contributed by atoms with Crippen LogP contribution in [-0.2, 0) is 27.3 Å². The number of benzene rings is 2. The summed E-state index contributed by atoms with van der Waals surface area (Å²) in [5.74, 6) is -0.918. The van der Waals surface area contributed by atoms with Crippen LogP contribution in [0, 0.1) is 4.77 Å². The summed E-state index contributed by atoms with van der Waals surface area (Å²) in [4.78, 5) is 43.9. The number of hydrogen-bond donors (Lipinski definition) is 3. The van der Waals surface area contributed by atoms with Crippen molar-refractivity contribution in [3.63, 3.8) is 0 Å². The molecule has 4 aromatic rings. The van der Waals surface area contributed by atoms with E-state index in [0.717, 1.165) is 16.5 Å². The SMILES string of the molecule is COC(=O)C(Cc1c[nH]c2ccccc12)NC(=O)CCn1c(=S)[nH]c2ccccc2c1=O. The molecule has 164 valence electrons. The average molecular weight is 451 g/mol. The number of nitrogens with zero attached hydrogens (tertiary/aromatic N) is 1. The molecule has 3 N–H and O–H groups in total. The largest absolute Gasteiger partial charge is 0.467 e. The molecule has 8 nitrogen and oxygen atoms in total. The van der Waals surface area contributed by atoms with Gasteiger partial charge < -0.3 is 20.0 Å². The zero-order chi connectivity index (χ0) is 22.7. The molecule has 0 saturated heterocycles. The lowest BCUT2D eigenvalue weighted by Crippen LogP contribution is -2.43. The predicted molar refractivity (Wildman–Crippen MR) is 124 cm³/mol. The molecule has 0 aliphatic carbocycles. The maximum atomic E-state index is 12.7. The first-order chi connectivity index (χ1) is 15.5. The summed E-state index contributed by atoms with van der Waals surface area (Å²) in [6.45, 7) is 0.0891. The van der Waals surface area contributed by atoms with Gasteiger partial charge in [0.2, 0.25) is 5.91 Å². The Hall–Kier alpha value is -3.72. The molecule has 0 fully saturated rings. The molecule has 0 spiro atoms. The molecule has 0 aliphatic rings. The Morgan fingerprint density at radius 3 is 2.53 bits per heavy atom. The van der Waals surface area contributed by atoms with Gasteiger partial charge in [-0.1, -0.05) is 30.3 Å². The van der Waals surface area contributed by atoms with Crippen molar-refractivity contribution in [1.82, 2.24) is 19.9 Å². The van der Waals surface area contributed by atoms with Crippen LogP contribution in [0.3, 0.4) is 0 Å². The van der Waals surface area contributed by atoms with Gasteiger partial charge in [-0.2, -0.15) is 0 Å². The van der Waals surface area contributed by atoms with Gasteiger partial charge in [0.05, 0.1) is 18.0 Å². The van der Waals surface area contributed by atoms with E-state index in [4.69, 9.17) is 17.0 Å². The van der Waals surface area contributed by atoms with Crippen LogP contribution in [0.4, 0.5) is 0 Å². The van der Waals surface area contributed by atoms with E-state index in [-0.39, 0.29) is 35.6 Å². The summed E-state index contributed by atoms with van der Waals surface area (Å²) < 4.78 is 6.47. The maximum absolute atomic E-state index is 12.7. The van der Waals surface area contributed by atoms with Crippen molar-refractivity contribution >= 4 is 45.9 Å². The Bertz CT molecular complexity index is 1420. The molecule has 2 aromatic heterocycles. The van der Waals surface area contributed by atoms with Gasteiger partial charge in [0.15, 0.2) is 4.77 Å². The lowest BCUT2D eigenvalue weighted by Gasteiger charge is -2.16. The number of hydrogen-bond acceptors (Lipinski definition) is 5. The minimum Gasteiger partial charge on any atom is -0.467 e. The Kier molecular flexibility index (Phi) is 6.18. The first-order valence-electron chi connectivity index (χ1n) is 10.1. The predicted octanol–water partition coefficient (Wildman–Crippen LogP) is 2.83. The van der Waals surface area contributed by atoms with E-state index in [1.54, 1.807) is 18.2 Å². The average Bonchev–Trinajstić information content (AvgIpc) is 3.21. The van der Waals surface area contributed by atoms with Crippen molar-refractivity contribution in [1.29, 1.82) is 0 Å². The molecule has 2 aromatic carbocycles. The quantitative estimate of drug-likeness (QED) is 0.296. The van der Waals surface area contributed by atoms with Crippen LogP contribution in [0.15, 0.2) is 59.5 Å². The second kappa shape index (κ2) is 9.19. The number of ether oxygens (including phenoxy) is 1. The molecular formula is C23H22N4O4S. The summed E-state index contributed by atoms with van der Waals surface area (Å²) in [5.41, 5.74) is 2.22. The Labute approximate surface area is 188 Å². The second-order valence-electron chi connectivity index (χ2n) is 7.39. The monoisotopic (exact) mass is 450 g/mol. The minimum absolute atomic E-state index is 0.0168. The van der Waals surface area contributed by atoms with E-state index < -0.39 is 12.0 Å². The first kappa shape index (κ1) is 21.5. The van der Waals surface area contributed by atoms with Crippen molar-refractivity contribution in [2.24, 2.45) is 0 Å². The van der Waals surface area contributed by atoms with Crippen LogP contribution in [0.2, 0.25) is 0 Å². The van der Waals surface area contributed by atoms with Crippen LogP contribution in [0.1, 0.15) is 12.0 Å². The van der Waals surface area contributed by atoms with Gasteiger partial charge in [-0.15, -0.1) is 0 Å². The highest BCUT2D eigenvalue weighted by atomic mass is 32.1. The van der Waals surface area contributed by atoms with E-state index in [0.29, 0.717) is 10.9 Å². The zero-order valence-electron chi connectivity index (χ0n) is 17.4. The van der Waals surface area contributed by atoms with E-state index in [1.807, 2.05) is 36.5 Å². The molecule has 2 heterocycles. The topological polar surface area (TPSA) is 109 Å².